The maximum Gasteiger partial charge on any atom is 0.222 e. The van der Waals surface area contributed by atoms with Gasteiger partial charge in [0, 0.05) is 21.9 Å². The van der Waals surface area contributed by atoms with Gasteiger partial charge in [-0.15, -0.1) is 0 Å². The minimum absolute atomic E-state index is 0.160. The molecule has 0 atom stereocenters. The van der Waals surface area contributed by atoms with Crippen LogP contribution in [0.15, 0.2) is 36.4 Å². The summed E-state index contributed by atoms with van der Waals surface area (Å²) in [6.07, 6.45) is 0.609. The van der Waals surface area contributed by atoms with E-state index in [0.29, 0.717) is 27.8 Å². The summed E-state index contributed by atoms with van der Waals surface area (Å²) in [6, 6.07) is 11.2. The molecule has 0 radical (unpaired) electrons. The molecule has 0 saturated heterocycles. The van der Waals surface area contributed by atoms with Gasteiger partial charge in [-0.25, -0.2) is 4.98 Å². The normalized spacial score (nSPS) is 11.0. The van der Waals surface area contributed by atoms with Crippen molar-refractivity contribution in [3.8, 4) is 0 Å². The lowest BCUT2D eigenvalue weighted by molar-refractivity contribution is 1.19. The van der Waals surface area contributed by atoms with E-state index in [0.717, 1.165) is 16.5 Å². The Kier molecular flexibility index (Phi) is 3.57. The first-order valence-electron chi connectivity index (χ1n) is 6.29. The smallest absolute Gasteiger partial charge is 0.222 e. The van der Waals surface area contributed by atoms with Crippen molar-refractivity contribution in [2.45, 2.75) is 6.42 Å². The van der Waals surface area contributed by atoms with Gasteiger partial charge in [0.1, 0.15) is 5.82 Å². The molecule has 3 rings (SSSR count). The Balaban J connectivity index is 2.06. The van der Waals surface area contributed by atoms with Gasteiger partial charge in [0.25, 0.3) is 0 Å². The molecular weight excluding hydrogens is 307 g/mol. The average molecular weight is 319 g/mol. The summed E-state index contributed by atoms with van der Waals surface area (Å²) in [5.74, 6) is 0.535. The molecule has 4 nitrogen and oxygen atoms in total. The number of benzene rings is 2. The molecule has 2 aromatic carbocycles. The van der Waals surface area contributed by atoms with Crippen molar-refractivity contribution in [1.82, 2.24) is 9.97 Å². The van der Waals surface area contributed by atoms with Crippen molar-refractivity contribution in [3.63, 3.8) is 0 Å². The number of halogens is 2. The van der Waals surface area contributed by atoms with Crippen molar-refractivity contribution in [2.75, 3.05) is 11.5 Å². The Morgan fingerprint density at radius 2 is 1.67 bits per heavy atom. The Morgan fingerprint density at radius 3 is 2.38 bits per heavy atom. The molecule has 0 aliphatic heterocycles. The van der Waals surface area contributed by atoms with Crippen molar-refractivity contribution in [1.29, 1.82) is 0 Å². The van der Waals surface area contributed by atoms with Gasteiger partial charge in [-0.05, 0) is 35.4 Å². The predicted molar refractivity (Wildman–Crippen MR) is 87.6 cm³/mol. The van der Waals surface area contributed by atoms with Crippen LogP contribution in [0, 0.1) is 0 Å². The number of nitrogens with zero attached hydrogens (tertiary/aromatic N) is 2. The zero-order chi connectivity index (χ0) is 15.0. The highest BCUT2D eigenvalue weighted by atomic mass is 35.5. The molecule has 0 fully saturated rings. The van der Waals surface area contributed by atoms with Crippen LogP contribution < -0.4 is 11.5 Å². The SMILES string of the molecule is Nc1nc(N)c2ccc(Cc3c(Cl)cccc3Cl)cc2n1. The number of rotatable bonds is 2. The first-order valence-corrected chi connectivity index (χ1v) is 7.04. The van der Waals surface area contributed by atoms with Gasteiger partial charge in [-0.3, -0.25) is 0 Å². The number of nitrogens with two attached hydrogens (primary N) is 2. The van der Waals surface area contributed by atoms with E-state index in [1.165, 1.54) is 0 Å². The fourth-order valence-corrected chi connectivity index (χ4v) is 2.76. The molecule has 0 aliphatic rings. The molecule has 4 N–H and O–H groups in total. The molecule has 6 heteroatoms. The molecule has 3 aromatic rings. The molecule has 0 amide bonds. The fourth-order valence-electron chi connectivity index (χ4n) is 2.23. The summed E-state index contributed by atoms with van der Waals surface area (Å²) in [4.78, 5) is 8.15. The van der Waals surface area contributed by atoms with Crippen LogP contribution in [0.3, 0.4) is 0 Å². The largest absolute Gasteiger partial charge is 0.383 e. The maximum absolute atomic E-state index is 6.20. The quantitative estimate of drug-likeness (QED) is 0.755. The third-order valence-electron chi connectivity index (χ3n) is 3.25. The Labute approximate surface area is 131 Å². The predicted octanol–water partition coefficient (Wildman–Crippen LogP) is 3.69. The van der Waals surface area contributed by atoms with Gasteiger partial charge >= 0.3 is 0 Å². The zero-order valence-corrected chi connectivity index (χ0v) is 12.5. The number of fused-ring (bicyclic) bond motifs is 1. The number of hydrogen-bond acceptors (Lipinski definition) is 4. The minimum Gasteiger partial charge on any atom is -0.383 e. The molecule has 106 valence electrons. The van der Waals surface area contributed by atoms with Gasteiger partial charge in [-0.2, -0.15) is 4.98 Å². The summed E-state index contributed by atoms with van der Waals surface area (Å²) in [7, 11) is 0. The topological polar surface area (TPSA) is 77.8 Å². The fraction of sp³-hybridized carbons (Fsp3) is 0.0667. The van der Waals surface area contributed by atoms with Crippen LogP contribution in [0.5, 0.6) is 0 Å². The first kappa shape index (κ1) is 13.9. The molecule has 0 aliphatic carbocycles. The summed E-state index contributed by atoms with van der Waals surface area (Å²) < 4.78 is 0. The van der Waals surface area contributed by atoms with E-state index in [-0.39, 0.29) is 5.95 Å². The number of anilines is 2. The minimum atomic E-state index is 0.160. The molecule has 0 saturated carbocycles. The number of hydrogen-bond donors (Lipinski definition) is 2. The summed E-state index contributed by atoms with van der Waals surface area (Å²) >= 11 is 12.4. The van der Waals surface area contributed by atoms with Crippen LogP contribution in [0.2, 0.25) is 10.0 Å². The molecular formula is C15H12Cl2N4. The van der Waals surface area contributed by atoms with Crippen molar-refractivity contribution < 1.29 is 0 Å². The van der Waals surface area contributed by atoms with Crippen LogP contribution in [0.1, 0.15) is 11.1 Å². The summed E-state index contributed by atoms with van der Waals surface area (Å²) in [5, 5.41) is 2.06. The van der Waals surface area contributed by atoms with Gasteiger partial charge < -0.3 is 11.5 Å². The molecule has 0 spiro atoms. The van der Waals surface area contributed by atoms with Crippen LogP contribution in [0.25, 0.3) is 10.9 Å². The monoisotopic (exact) mass is 318 g/mol. The van der Waals surface area contributed by atoms with Gasteiger partial charge in [0.05, 0.1) is 5.52 Å². The molecule has 0 bridgehead atoms. The number of nitrogen functional groups attached to an aromatic ring is 2. The lowest BCUT2D eigenvalue weighted by Gasteiger charge is -2.08. The van der Waals surface area contributed by atoms with Crippen molar-refractivity contribution in [3.05, 3.63) is 57.6 Å². The Bertz CT molecular complexity index is 813. The zero-order valence-electron chi connectivity index (χ0n) is 11.0. The number of aromatic nitrogens is 2. The highest BCUT2D eigenvalue weighted by molar-refractivity contribution is 6.36. The third-order valence-corrected chi connectivity index (χ3v) is 3.96. The van der Waals surface area contributed by atoms with Crippen LogP contribution in [-0.4, -0.2) is 9.97 Å². The van der Waals surface area contributed by atoms with E-state index in [1.807, 2.05) is 36.4 Å². The molecule has 0 unspecified atom stereocenters. The molecule has 1 aromatic heterocycles. The molecule has 21 heavy (non-hydrogen) atoms. The lowest BCUT2D eigenvalue weighted by Crippen LogP contribution is -2.01. The van der Waals surface area contributed by atoms with Crippen LogP contribution in [0.4, 0.5) is 11.8 Å². The van der Waals surface area contributed by atoms with E-state index in [9.17, 15) is 0 Å². The highest BCUT2D eigenvalue weighted by Gasteiger charge is 2.09. The van der Waals surface area contributed by atoms with Gasteiger partial charge in [-0.1, -0.05) is 35.3 Å². The van der Waals surface area contributed by atoms with E-state index >= 15 is 0 Å². The van der Waals surface area contributed by atoms with Gasteiger partial charge in [0.2, 0.25) is 5.95 Å². The van der Waals surface area contributed by atoms with Crippen molar-refractivity contribution in [2.24, 2.45) is 0 Å². The first-order chi connectivity index (χ1) is 10.0. The van der Waals surface area contributed by atoms with Crippen molar-refractivity contribution >= 4 is 45.9 Å². The van der Waals surface area contributed by atoms with E-state index in [4.69, 9.17) is 34.7 Å². The average Bonchev–Trinajstić information content (AvgIpc) is 2.42. The van der Waals surface area contributed by atoms with E-state index in [2.05, 4.69) is 9.97 Å². The standard InChI is InChI=1S/C15H12Cl2N4/c16-11-2-1-3-12(17)10(11)6-8-4-5-9-13(7-8)20-15(19)21-14(9)18/h1-5,7H,6H2,(H4,18,19,20,21). The maximum atomic E-state index is 6.20. The summed E-state index contributed by atoms with van der Waals surface area (Å²) in [5.41, 5.74) is 14.1. The summed E-state index contributed by atoms with van der Waals surface area (Å²) in [6.45, 7) is 0. The second-order valence-corrected chi connectivity index (χ2v) is 5.51. The van der Waals surface area contributed by atoms with E-state index in [1.54, 1.807) is 0 Å². The molecule has 1 heterocycles. The van der Waals surface area contributed by atoms with Crippen LogP contribution >= 0.6 is 23.2 Å². The Morgan fingerprint density at radius 1 is 0.952 bits per heavy atom. The third kappa shape index (κ3) is 2.73. The second kappa shape index (κ2) is 5.39. The van der Waals surface area contributed by atoms with Crippen LogP contribution in [-0.2, 0) is 6.42 Å². The van der Waals surface area contributed by atoms with Gasteiger partial charge in [0.15, 0.2) is 0 Å². The van der Waals surface area contributed by atoms with E-state index < -0.39 is 0 Å². The lowest BCUT2D eigenvalue weighted by atomic mass is 10.0. The Hall–Kier alpha value is -2.04. The second-order valence-electron chi connectivity index (χ2n) is 4.70. The highest BCUT2D eigenvalue weighted by Crippen LogP contribution is 2.28.